The third-order valence-corrected chi connectivity index (χ3v) is 4.76. The highest BCUT2D eigenvalue weighted by molar-refractivity contribution is 5.94. The Hall–Kier alpha value is -2.14. The molecule has 1 atom stereocenters. The second-order valence-electron chi connectivity index (χ2n) is 6.10. The maximum absolute atomic E-state index is 12.8. The summed E-state index contributed by atoms with van der Waals surface area (Å²) in [5.41, 5.74) is 4.10. The predicted molar refractivity (Wildman–Crippen MR) is 83.7 cm³/mol. The predicted octanol–water partition coefficient (Wildman–Crippen LogP) is 1.69. The van der Waals surface area contributed by atoms with E-state index >= 15 is 0 Å². The SMILES string of the molecule is O=C(c1n[nH]c2c1CNCC2)N1CCC(c2ccccc2)C1. The lowest BCUT2D eigenvalue weighted by Gasteiger charge is -2.18. The molecule has 4 rings (SSSR count). The van der Waals surface area contributed by atoms with Gasteiger partial charge in [0, 0.05) is 49.8 Å². The van der Waals surface area contributed by atoms with Crippen LogP contribution in [0, 0.1) is 0 Å². The average Bonchev–Trinajstić information content (AvgIpc) is 3.22. The van der Waals surface area contributed by atoms with E-state index in [-0.39, 0.29) is 5.91 Å². The number of hydrogen-bond acceptors (Lipinski definition) is 3. The van der Waals surface area contributed by atoms with Crippen molar-refractivity contribution in [1.29, 1.82) is 0 Å². The minimum Gasteiger partial charge on any atom is -0.337 e. The first kappa shape index (κ1) is 13.5. The molecule has 1 amide bonds. The van der Waals surface area contributed by atoms with Crippen LogP contribution in [0.25, 0.3) is 0 Å². The molecule has 5 heteroatoms. The fourth-order valence-electron chi connectivity index (χ4n) is 3.49. The molecule has 22 heavy (non-hydrogen) atoms. The van der Waals surface area contributed by atoms with Gasteiger partial charge in [0.1, 0.15) is 0 Å². The number of fused-ring (bicyclic) bond motifs is 1. The van der Waals surface area contributed by atoms with Crippen LogP contribution in [0.3, 0.4) is 0 Å². The number of rotatable bonds is 2. The number of aromatic nitrogens is 2. The first-order chi connectivity index (χ1) is 10.8. The van der Waals surface area contributed by atoms with Crippen molar-refractivity contribution in [3.63, 3.8) is 0 Å². The third kappa shape index (κ3) is 2.31. The molecular weight excluding hydrogens is 276 g/mol. The van der Waals surface area contributed by atoms with Gasteiger partial charge in [0.2, 0.25) is 0 Å². The molecule has 0 spiro atoms. The fraction of sp³-hybridized carbons (Fsp3) is 0.412. The molecule has 3 heterocycles. The van der Waals surface area contributed by atoms with Gasteiger partial charge in [-0.25, -0.2) is 0 Å². The smallest absolute Gasteiger partial charge is 0.274 e. The maximum Gasteiger partial charge on any atom is 0.274 e. The van der Waals surface area contributed by atoms with E-state index in [0.29, 0.717) is 11.6 Å². The van der Waals surface area contributed by atoms with Gasteiger partial charge in [-0.1, -0.05) is 30.3 Å². The Balaban J connectivity index is 1.51. The first-order valence-corrected chi connectivity index (χ1v) is 7.94. The molecule has 5 nitrogen and oxygen atoms in total. The lowest BCUT2D eigenvalue weighted by molar-refractivity contribution is 0.0783. The number of benzene rings is 1. The molecule has 0 saturated carbocycles. The summed E-state index contributed by atoms with van der Waals surface area (Å²) in [6.45, 7) is 3.29. The number of amides is 1. The summed E-state index contributed by atoms with van der Waals surface area (Å²) in [6, 6.07) is 10.5. The number of nitrogens with zero attached hydrogens (tertiary/aromatic N) is 2. The third-order valence-electron chi connectivity index (χ3n) is 4.76. The molecule has 1 fully saturated rings. The highest BCUT2D eigenvalue weighted by atomic mass is 16.2. The average molecular weight is 296 g/mol. The minimum absolute atomic E-state index is 0.0691. The molecule has 2 N–H and O–H groups in total. The quantitative estimate of drug-likeness (QED) is 0.886. The largest absolute Gasteiger partial charge is 0.337 e. The van der Waals surface area contributed by atoms with E-state index in [2.05, 4.69) is 39.8 Å². The minimum atomic E-state index is 0.0691. The molecular formula is C17H20N4O. The zero-order chi connectivity index (χ0) is 14.9. The van der Waals surface area contributed by atoms with Crippen LogP contribution in [-0.4, -0.2) is 40.6 Å². The van der Waals surface area contributed by atoms with E-state index in [1.54, 1.807) is 0 Å². The molecule has 1 unspecified atom stereocenters. The van der Waals surface area contributed by atoms with Gasteiger partial charge in [0.25, 0.3) is 5.91 Å². The fourth-order valence-corrected chi connectivity index (χ4v) is 3.49. The highest BCUT2D eigenvalue weighted by Crippen LogP contribution is 2.28. The first-order valence-electron chi connectivity index (χ1n) is 7.94. The standard InChI is InChI=1S/C17H20N4O/c22-17(16-14-10-18-8-6-15(14)19-20-16)21-9-7-13(11-21)12-4-2-1-3-5-12/h1-5,13,18H,6-11H2,(H,19,20). The Labute approximate surface area is 129 Å². The van der Waals surface area contributed by atoms with Gasteiger partial charge < -0.3 is 10.2 Å². The van der Waals surface area contributed by atoms with Gasteiger partial charge in [-0.2, -0.15) is 5.10 Å². The molecule has 0 radical (unpaired) electrons. The summed E-state index contributed by atoms with van der Waals surface area (Å²) >= 11 is 0. The molecule has 2 aliphatic rings. The number of hydrogen-bond donors (Lipinski definition) is 2. The zero-order valence-electron chi connectivity index (χ0n) is 12.5. The molecule has 114 valence electrons. The van der Waals surface area contributed by atoms with E-state index < -0.39 is 0 Å². The number of aromatic amines is 1. The van der Waals surface area contributed by atoms with Crippen LogP contribution < -0.4 is 5.32 Å². The molecule has 1 saturated heterocycles. The Kier molecular flexibility index (Phi) is 3.42. The van der Waals surface area contributed by atoms with Gasteiger partial charge in [0.05, 0.1) is 0 Å². The highest BCUT2D eigenvalue weighted by Gasteiger charge is 2.31. The Morgan fingerprint density at radius 1 is 1.27 bits per heavy atom. The van der Waals surface area contributed by atoms with Gasteiger partial charge in [0.15, 0.2) is 5.69 Å². The molecule has 0 aliphatic carbocycles. The van der Waals surface area contributed by atoms with E-state index in [0.717, 1.165) is 50.3 Å². The second-order valence-corrected chi connectivity index (χ2v) is 6.10. The van der Waals surface area contributed by atoms with E-state index in [4.69, 9.17) is 0 Å². The van der Waals surface area contributed by atoms with Crippen molar-refractivity contribution in [1.82, 2.24) is 20.4 Å². The van der Waals surface area contributed by atoms with Crippen LogP contribution in [0.4, 0.5) is 0 Å². The van der Waals surface area contributed by atoms with Gasteiger partial charge in [-0.15, -0.1) is 0 Å². The molecule has 2 aromatic rings. The molecule has 2 aliphatic heterocycles. The van der Waals surface area contributed by atoms with Crippen LogP contribution in [0.2, 0.25) is 0 Å². The summed E-state index contributed by atoms with van der Waals surface area (Å²) in [5.74, 6) is 0.512. The summed E-state index contributed by atoms with van der Waals surface area (Å²) in [6.07, 6.45) is 1.95. The van der Waals surface area contributed by atoms with Gasteiger partial charge >= 0.3 is 0 Å². The van der Waals surface area contributed by atoms with Gasteiger partial charge in [-0.3, -0.25) is 9.89 Å². The maximum atomic E-state index is 12.8. The van der Waals surface area contributed by atoms with Gasteiger partial charge in [-0.05, 0) is 12.0 Å². The number of carbonyl (C=O) groups excluding carboxylic acids is 1. The van der Waals surface area contributed by atoms with Crippen molar-refractivity contribution in [3.8, 4) is 0 Å². The number of H-pyrrole nitrogens is 1. The molecule has 1 aromatic carbocycles. The van der Waals surface area contributed by atoms with E-state index in [1.807, 2.05) is 11.0 Å². The Morgan fingerprint density at radius 2 is 2.14 bits per heavy atom. The van der Waals surface area contributed by atoms with E-state index in [9.17, 15) is 4.79 Å². The van der Waals surface area contributed by atoms with Crippen molar-refractivity contribution >= 4 is 5.91 Å². The number of likely N-dealkylation sites (tertiary alicyclic amines) is 1. The van der Waals surface area contributed by atoms with E-state index in [1.165, 1.54) is 5.56 Å². The topological polar surface area (TPSA) is 61.0 Å². The van der Waals surface area contributed by atoms with Crippen molar-refractivity contribution in [2.45, 2.75) is 25.3 Å². The summed E-state index contributed by atoms with van der Waals surface area (Å²) in [5, 5.41) is 10.6. The number of nitrogens with one attached hydrogen (secondary N) is 2. The Bertz CT molecular complexity index is 679. The van der Waals surface area contributed by atoms with Crippen LogP contribution in [0.5, 0.6) is 0 Å². The summed E-state index contributed by atoms with van der Waals surface area (Å²) < 4.78 is 0. The van der Waals surface area contributed by atoms with Crippen molar-refractivity contribution in [3.05, 3.63) is 52.8 Å². The van der Waals surface area contributed by atoms with Crippen LogP contribution in [0.1, 0.15) is 39.6 Å². The van der Waals surface area contributed by atoms with Crippen molar-refractivity contribution < 1.29 is 4.79 Å². The van der Waals surface area contributed by atoms with Crippen molar-refractivity contribution in [2.24, 2.45) is 0 Å². The summed E-state index contributed by atoms with van der Waals surface area (Å²) in [7, 11) is 0. The van der Waals surface area contributed by atoms with Crippen LogP contribution >= 0.6 is 0 Å². The normalized spacial score (nSPS) is 20.9. The summed E-state index contributed by atoms with van der Waals surface area (Å²) in [4.78, 5) is 14.7. The lowest BCUT2D eigenvalue weighted by Crippen LogP contribution is -2.31. The Morgan fingerprint density at radius 3 is 3.00 bits per heavy atom. The lowest BCUT2D eigenvalue weighted by atomic mass is 9.99. The van der Waals surface area contributed by atoms with Crippen LogP contribution in [0.15, 0.2) is 30.3 Å². The van der Waals surface area contributed by atoms with Crippen LogP contribution in [-0.2, 0) is 13.0 Å². The second kappa shape index (κ2) is 5.57. The number of carbonyl (C=O) groups is 1. The zero-order valence-corrected chi connectivity index (χ0v) is 12.5. The molecule has 1 aromatic heterocycles. The van der Waals surface area contributed by atoms with Crippen molar-refractivity contribution in [2.75, 3.05) is 19.6 Å². The monoisotopic (exact) mass is 296 g/mol. The molecule has 0 bridgehead atoms.